The van der Waals surface area contributed by atoms with Gasteiger partial charge in [0.25, 0.3) is 0 Å². The summed E-state index contributed by atoms with van der Waals surface area (Å²) >= 11 is 0. The smallest absolute Gasteiger partial charge is 0.00986 e. The Kier molecular flexibility index (Phi) is 5.91. The quantitative estimate of drug-likeness (QED) is 0.684. The number of unbranched alkanes of at least 4 members (excludes halogenated alkanes) is 4. The highest BCUT2D eigenvalue weighted by atomic mass is 14.9. The Balaban J connectivity index is 1.77. The number of benzene rings is 1. The average molecular weight is 259 g/mol. The Morgan fingerprint density at radius 1 is 1.05 bits per heavy atom. The van der Waals surface area contributed by atoms with Crippen LogP contribution in [0.5, 0.6) is 0 Å². The molecule has 1 nitrogen and oxygen atoms in total. The van der Waals surface area contributed by atoms with Crippen molar-refractivity contribution >= 4 is 0 Å². The topological polar surface area (TPSA) is 12.0 Å². The van der Waals surface area contributed by atoms with Crippen LogP contribution in [0.2, 0.25) is 0 Å². The molecule has 19 heavy (non-hydrogen) atoms. The maximum Gasteiger partial charge on any atom is 0.00986 e. The molecule has 0 radical (unpaired) electrons. The lowest BCUT2D eigenvalue weighted by Gasteiger charge is -2.23. The molecule has 0 aliphatic heterocycles. The molecule has 0 aromatic heterocycles. The highest BCUT2D eigenvalue weighted by Gasteiger charge is 2.26. The van der Waals surface area contributed by atoms with E-state index >= 15 is 0 Å². The van der Waals surface area contributed by atoms with E-state index in [2.05, 4.69) is 43.6 Å². The minimum absolute atomic E-state index is 0.703. The van der Waals surface area contributed by atoms with Gasteiger partial charge in [-0.2, -0.15) is 0 Å². The average Bonchev–Trinajstić information content (AvgIpc) is 2.86. The molecule has 1 atom stereocenters. The summed E-state index contributed by atoms with van der Waals surface area (Å²) in [5, 5.41) is 3.57. The van der Waals surface area contributed by atoms with E-state index in [1.165, 1.54) is 51.4 Å². The van der Waals surface area contributed by atoms with Crippen molar-refractivity contribution in [2.45, 2.75) is 64.3 Å². The molecule has 0 spiro atoms. The Bertz CT molecular complexity index is 347. The fraction of sp³-hybridized carbons (Fsp3) is 0.667. The van der Waals surface area contributed by atoms with Crippen LogP contribution in [-0.2, 0) is 12.8 Å². The van der Waals surface area contributed by atoms with Gasteiger partial charge in [0.05, 0.1) is 0 Å². The maximum absolute atomic E-state index is 3.57. The second kappa shape index (κ2) is 7.69. The van der Waals surface area contributed by atoms with E-state index < -0.39 is 0 Å². The van der Waals surface area contributed by atoms with Crippen LogP contribution in [0.1, 0.15) is 56.6 Å². The van der Waals surface area contributed by atoms with Crippen molar-refractivity contribution < 1.29 is 0 Å². The summed E-state index contributed by atoms with van der Waals surface area (Å²) in [7, 11) is 2.14. The van der Waals surface area contributed by atoms with E-state index in [1.54, 1.807) is 11.1 Å². The zero-order valence-corrected chi connectivity index (χ0v) is 12.6. The maximum atomic E-state index is 3.57. The summed E-state index contributed by atoms with van der Waals surface area (Å²) < 4.78 is 0. The first-order valence-corrected chi connectivity index (χ1v) is 8.09. The first kappa shape index (κ1) is 14.6. The van der Waals surface area contributed by atoms with E-state index in [-0.39, 0.29) is 0 Å². The molecule has 1 aromatic rings. The van der Waals surface area contributed by atoms with Crippen LogP contribution >= 0.6 is 0 Å². The molecule has 1 aliphatic carbocycles. The molecule has 0 saturated carbocycles. The van der Waals surface area contributed by atoms with Crippen molar-refractivity contribution in [1.29, 1.82) is 0 Å². The predicted molar refractivity (Wildman–Crippen MR) is 83.6 cm³/mol. The van der Waals surface area contributed by atoms with Gasteiger partial charge in [0.15, 0.2) is 0 Å². The summed E-state index contributed by atoms with van der Waals surface area (Å²) in [5.74, 6) is 0.813. The van der Waals surface area contributed by atoms with Crippen LogP contribution in [0, 0.1) is 5.92 Å². The van der Waals surface area contributed by atoms with Crippen molar-refractivity contribution in [1.82, 2.24) is 5.32 Å². The van der Waals surface area contributed by atoms with Gasteiger partial charge in [-0.3, -0.25) is 0 Å². The molecule has 1 unspecified atom stereocenters. The molecule has 1 aliphatic rings. The van der Waals surface area contributed by atoms with Crippen LogP contribution in [0.25, 0.3) is 0 Å². The summed E-state index contributed by atoms with van der Waals surface area (Å²) in [6.45, 7) is 2.28. The summed E-state index contributed by atoms with van der Waals surface area (Å²) in [6.07, 6.45) is 10.8. The molecule has 1 aromatic carbocycles. The lowest BCUT2D eigenvalue weighted by Crippen LogP contribution is -2.34. The van der Waals surface area contributed by atoms with E-state index in [1.807, 2.05) is 0 Å². The van der Waals surface area contributed by atoms with E-state index in [4.69, 9.17) is 0 Å². The molecular formula is C18H29N. The molecule has 0 heterocycles. The number of fused-ring (bicyclic) bond motifs is 1. The third kappa shape index (κ3) is 4.07. The van der Waals surface area contributed by atoms with E-state index in [9.17, 15) is 0 Å². The van der Waals surface area contributed by atoms with Crippen molar-refractivity contribution in [3.63, 3.8) is 0 Å². The molecule has 0 fully saturated rings. The zero-order valence-electron chi connectivity index (χ0n) is 12.6. The third-order valence-electron chi connectivity index (χ3n) is 4.64. The molecular weight excluding hydrogens is 230 g/mol. The molecule has 0 saturated heterocycles. The van der Waals surface area contributed by atoms with Crippen molar-refractivity contribution in [2.24, 2.45) is 5.92 Å². The lowest BCUT2D eigenvalue weighted by molar-refractivity contribution is 0.353. The second-order valence-electron chi connectivity index (χ2n) is 6.04. The van der Waals surface area contributed by atoms with Crippen molar-refractivity contribution in [2.75, 3.05) is 7.05 Å². The molecule has 106 valence electrons. The Labute approximate surface area is 118 Å². The SMILES string of the molecule is CCCCCCCC(NC)C1Cc2ccccc2C1. The summed E-state index contributed by atoms with van der Waals surface area (Å²) in [5.41, 5.74) is 3.16. The highest BCUT2D eigenvalue weighted by molar-refractivity contribution is 5.32. The fourth-order valence-corrected chi connectivity index (χ4v) is 3.46. The normalized spacial score (nSPS) is 16.5. The minimum atomic E-state index is 0.703. The molecule has 1 N–H and O–H groups in total. The highest BCUT2D eigenvalue weighted by Crippen LogP contribution is 2.30. The lowest BCUT2D eigenvalue weighted by atomic mass is 9.92. The largest absolute Gasteiger partial charge is 0.317 e. The van der Waals surface area contributed by atoms with Gasteiger partial charge >= 0.3 is 0 Å². The summed E-state index contributed by atoms with van der Waals surface area (Å²) in [6, 6.07) is 9.68. The van der Waals surface area contributed by atoms with Crippen LogP contribution in [0.3, 0.4) is 0 Å². The van der Waals surface area contributed by atoms with Gasteiger partial charge in [0.2, 0.25) is 0 Å². The molecule has 0 amide bonds. The third-order valence-corrected chi connectivity index (χ3v) is 4.64. The second-order valence-corrected chi connectivity index (χ2v) is 6.04. The monoisotopic (exact) mass is 259 g/mol. The van der Waals surface area contributed by atoms with Gasteiger partial charge in [0.1, 0.15) is 0 Å². The van der Waals surface area contributed by atoms with Crippen LogP contribution < -0.4 is 5.32 Å². The first-order chi connectivity index (χ1) is 9.35. The Hall–Kier alpha value is -0.820. The predicted octanol–water partition coefficient (Wildman–Crippen LogP) is 4.35. The van der Waals surface area contributed by atoms with Crippen LogP contribution in [-0.4, -0.2) is 13.1 Å². The van der Waals surface area contributed by atoms with Gasteiger partial charge in [-0.05, 0) is 43.4 Å². The number of hydrogen-bond donors (Lipinski definition) is 1. The Morgan fingerprint density at radius 3 is 2.26 bits per heavy atom. The first-order valence-electron chi connectivity index (χ1n) is 8.09. The van der Waals surface area contributed by atoms with Crippen LogP contribution in [0.15, 0.2) is 24.3 Å². The van der Waals surface area contributed by atoms with E-state index in [0.29, 0.717) is 6.04 Å². The van der Waals surface area contributed by atoms with Gasteiger partial charge in [-0.1, -0.05) is 63.3 Å². The van der Waals surface area contributed by atoms with Gasteiger partial charge in [-0.25, -0.2) is 0 Å². The molecule has 2 rings (SSSR count). The number of rotatable bonds is 8. The zero-order chi connectivity index (χ0) is 13.5. The van der Waals surface area contributed by atoms with Crippen LogP contribution in [0.4, 0.5) is 0 Å². The Morgan fingerprint density at radius 2 is 1.68 bits per heavy atom. The number of hydrogen-bond acceptors (Lipinski definition) is 1. The van der Waals surface area contributed by atoms with Gasteiger partial charge in [0, 0.05) is 6.04 Å². The minimum Gasteiger partial charge on any atom is -0.317 e. The van der Waals surface area contributed by atoms with Gasteiger partial charge < -0.3 is 5.32 Å². The van der Waals surface area contributed by atoms with Gasteiger partial charge in [-0.15, -0.1) is 0 Å². The van der Waals surface area contributed by atoms with E-state index in [0.717, 1.165) is 5.92 Å². The molecule has 0 bridgehead atoms. The summed E-state index contributed by atoms with van der Waals surface area (Å²) in [4.78, 5) is 0. The van der Waals surface area contributed by atoms with Crippen molar-refractivity contribution in [3.05, 3.63) is 35.4 Å². The standard InChI is InChI=1S/C18H29N/c1-3-4-5-6-7-12-18(19-2)17-13-15-10-8-9-11-16(15)14-17/h8-11,17-19H,3-7,12-14H2,1-2H3. The fourth-order valence-electron chi connectivity index (χ4n) is 3.46. The molecule has 1 heteroatoms. The van der Waals surface area contributed by atoms with Crippen molar-refractivity contribution in [3.8, 4) is 0 Å². The number of nitrogens with one attached hydrogen (secondary N) is 1.